The molecule has 0 radical (unpaired) electrons. The summed E-state index contributed by atoms with van der Waals surface area (Å²) in [5.41, 5.74) is 1.48. The molecular weight excluding hydrogens is 418 g/mol. The number of fused-ring (bicyclic) bond motifs is 1. The summed E-state index contributed by atoms with van der Waals surface area (Å²) in [5, 5.41) is 5.99. The monoisotopic (exact) mass is 451 g/mol. The number of ether oxygens (including phenoxy) is 2. The molecule has 2 amide bonds. The fourth-order valence-corrected chi connectivity index (χ4v) is 5.06. The van der Waals surface area contributed by atoms with E-state index in [2.05, 4.69) is 15.5 Å². The third kappa shape index (κ3) is 5.47. The van der Waals surface area contributed by atoms with Crippen LogP contribution in [0.2, 0.25) is 0 Å². The summed E-state index contributed by atoms with van der Waals surface area (Å²) in [6.45, 7) is 3.07. The molecule has 0 aromatic heterocycles. The number of nitrogens with zero attached hydrogens (tertiary/aromatic N) is 1. The zero-order valence-corrected chi connectivity index (χ0v) is 19.4. The number of nitrogens with one attached hydrogen (secondary N) is 2. The first-order chi connectivity index (χ1) is 16.1. The van der Waals surface area contributed by atoms with Gasteiger partial charge in [-0.3, -0.25) is 9.59 Å². The number of carbonyl (C=O) groups is 2. The van der Waals surface area contributed by atoms with Crippen LogP contribution in [0.25, 0.3) is 0 Å². The van der Waals surface area contributed by atoms with Gasteiger partial charge in [-0.05, 0) is 75.0 Å². The summed E-state index contributed by atoms with van der Waals surface area (Å²) < 4.78 is 10.5. The van der Waals surface area contributed by atoms with E-state index >= 15 is 0 Å². The summed E-state index contributed by atoms with van der Waals surface area (Å²) in [4.78, 5) is 28.3. The summed E-state index contributed by atoms with van der Waals surface area (Å²) in [5.74, 6) is 1.11. The van der Waals surface area contributed by atoms with Gasteiger partial charge in [0.2, 0.25) is 0 Å². The molecule has 2 heterocycles. The Labute approximate surface area is 195 Å². The predicted octanol–water partition coefficient (Wildman–Crippen LogP) is 3.95. The molecular formula is C26H33N3O4. The van der Waals surface area contributed by atoms with Crippen molar-refractivity contribution in [3.8, 4) is 11.5 Å². The highest BCUT2D eigenvalue weighted by atomic mass is 16.5. The van der Waals surface area contributed by atoms with Crippen LogP contribution in [0.5, 0.6) is 11.5 Å². The Morgan fingerprint density at radius 3 is 2.64 bits per heavy atom. The van der Waals surface area contributed by atoms with Gasteiger partial charge >= 0.3 is 0 Å². The third-order valence-electron chi connectivity index (χ3n) is 6.79. The van der Waals surface area contributed by atoms with Crippen molar-refractivity contribution in [2.75, 3.05) is 39.2 Å². The van der Waals surface area contributed by atoms with Crippen molar-refractivity contribution in [3.05, 3.63) is 53.6 Å². The van der Waals surface area contributed by atoms with Crippen LogP contribution in [0.3, 0.4) is 0 Å². The molecule has 4 rings (SSSR count). The van der Waals surface area contributed by atoms with E-state index in [0.717, 1.165) is 0 Å². The second kappa shape index (κ2) is 10.7. The molecule has 2 aliphatic heterocycles. The SMILES string of the molecule is COc1ccc(C(=O)Nc2cccc(C(=O)NC[C@@H]3CCCN4CCCC[C@H]34)c2)c(OC)c1. The van der Waals surface area contributed by atoms with Crippen LogP contribution in [0, 0.1) is 5.92 Å². The first kappa shape index (κ1) is 23.1. The van der Waals surface area contributed by atoms with Gasteiger partial charge in [-0.15, -0.1) is 0 Å². The predicted molar refractivity (Wildman–Crippen MR) is 128 cm³/mol. The summed E-state index contributed by atoms with van der Waals surface area (Å²) in [6, 6.07) is 12.6. The number of hydrogen-bond donors (Lipinski definition) is 2. The first-order valence-electron chi connectivity index (χ1n) is 11.7. The van der Waals surface area contributed by atoms with Gasteiger partial charge in [0.1, 0.15) is 11.5 Å². The van der Waals surface area contributed by atoms with Gasteiger partial charge in [0.15, 0.2) is 0 Å². The van der Waals surface area contributed by atoms with Crippen LogP contribution in [-0.4, -0.2) is 56.6 Å². The van der Waals surface area contributed by atoms with Crippen LogP contribution in [0.15, 0.2) is 42.5 Å². The van der Waals surface area contributed by atoms with E-state index in [0.29, 0.717) is 46.8 Å². The highest BCUT2D eigenvalue weighted by molar-refractivity contribution is 6.07. The smallest absolute Gasteiger partial charge is 0.259 e. The lowest BCUT2D eigenvalue weighted by Gasteiger charge is -2.44. The van der Waals surface area contributed by atoms with Gasteiger partial charge in [0.05, 0.1) is 19.8 Å². The van der Waals surface area contributed by atoms with Crippen molar-refractivity contribution in [3.63, 3.8) is 0 Å². The molecule has 0 bridgehead atoms. The number of methoxy groups -OCH3 is 2. The van der Waals surface area contributed by atoms with Gasteiger partial charge in [-0.25, -0.2) is 0 Å². The van der Waals surface area contributed by atoms with Crippen molar-refractivity contribution in [1.82, 2.24) is 10.2 Å². The molecule has 2 atom stereocenters. The quantitative estimate of drug-likeness (QED) is 0.666. The Morgan fingerprint density at radius 1 is 0.970 bits per heavy atom. The van der Waals surface area contributed by atoms with Crippen molar-refractivity contribution in [1.29, 1.82) is 0 Å². The number of rotatable bonds is 7. The number of anilines is 1. The van der Waals surface area contributed by atoms with Crippen LogP contribution >= 0.6 is 0 Å². The van der Waals surface area contributed by atoms with E-state index in [4.69, 9.17) is 9.47 Å². The Morgan fingerprint density at radius 2 is 1.82 bits per heavy atom. The second-order valence-electron chi connectivity index (χ2n) is 8.81. The highest BCUT2D eigenvalue weighted by Crippen LogP contribution is 2.30. The first-order valence-corrected chi connectivity index (χ1v) is 11.7. The molecule has 33 heavy (non-hydrogen) atoms. The van der Waals surface area contributed by atoms with E-state index < -0.39 is 0 Å². The molecule has 0 saturated carbocycles. The largest absolute Gasteiger partial charge is 0.497 e. The Kier molecular flexibility index (Phi) is 7.50. The number of piperidine rings is 2. The summed E-state index contributed by atoms with van der Waals surface area (Å²) in [6.07, 6.45) is 6.17. The summed E-state index contributed by atoms with van der Waals surface area (Å²) >= 11 is 0. The van der Waals surface area contributed by atoms with E-state index in [1.54, 1.807) is 49.6 Å². The maximum atomic E-state index is 12.9. The minimum Gasteiger partial charge on any atom is -0.497 e. The van der Waals surface area contributed by atoms with Gasteiger partial charge in [-0.1, -0.05) is 12.5 Å². The second-order valence-corrected chi connectivity index (χ2v) is 8.81. The number of carbonyl (C=O) groups excluding carboxylic acids is 2. The van der Waals surface area contributed by atoms with Gasteiger partial charge in [0, 0.05) is 29.9 Å². The maximum Gasteiger partial charge on any atom is 0.259 e. The number of benzene rings is 2. The average molecular weight is 452 g/mol. The molecule has 2 fully saturated rings. The van der Waals surface area contributed by atoms with Crippen LogP contribution in [0.1, 0.15) is 52.8 Å². The molecule has 0 spiro atoms. The molecule has 0 unspecified atom stereocenters. The molecule has 2 aliphatic rings. The van der Waals surface area contributed by atoms with E-state index in [9.17, 15) is 9.59 Å². The van der Waals surface area contributed by atoms with Crippen molar-refractivity contribution in [2.24, 2.45) is 5.92 Å². The topological polar surface area (TPSA) is 79.9 Å². The van der Waals surface area contributed by atoms with Gasteiger partial charge < -0.3 is 25.0 Å². The normalized spacial score (nSPS) is 20.4. The lowest BCUT2D eigenvalue weighted by Crippen LogP contribution is -2.51. The molecule has 2 aromatic rings. The number of hydrogen-bond acceptors (Lipinski definition) is 5. The minimum absolute atomic E-state index is 0.110. The molecule has 176 valence electrons. The van der Waals surface area contributed by atoms with E-state index in [1.165, 1.54) is 52.3 Å². The number of amides is 2. The van der Waals surface area contributed by atoms with Crippen molar-refractivity contribution < 1.29 is 19.1 Å². The van der Waals surface area contributed by atoms with Crippen molar-refractivity contribution >= 4 is 17.5 Å². The van der Waals surface area contributed by atoms with Crippen LogP contribution in [-0.2, 0) is 0 Å². The maximum absolute atomic E-state index is 12.9. The van der Waals surface area contributed by atoms with E-state index in [-0.39, 0.29) is 11.8 Å². The van der Waals surface area contributed by atoms with Gasteiger partial charge in [-0.2, -0.15) is 0 Å². The minimum atomic E-state index is -0.313. The zero-order valence-electron chi connectivity index (χ0n) is 19.4. The third-order valence-corrected chi connectivity index (χ3v) is 6.79. The van der Waals surface area contributed by atoms with Gasteiger partial charge in [0.25, 0.3) is 11.8 Å². The van der Waals surface area contributed by atoms with E-state index in [1.807, 2.05) is 0 Å². The molecule has 2 saturated heterocycles. The molecule has 7 heteroatoms. The zero-order chi connectivity index (χ0) is 23.2. The Balaban J connectivity index is 1.38. The summed E-state index contributed by atoms with van der Waals surface area (Å²) in [7, 11) is 3.07. The highest BCUT2D eigenvalue weighted by Gasteiger charge is 2.33. The van der Waals surface area contributed by atoms with Crippen LogP contribution in [0.4, 0.5) is 5.69 Å². The lowest BCUT2D eigenvalue weighted by molar-refractivity contribution is 0.0575. The fraction of sp³-hybridized carbons (Fsp3) is 0.462. The molecule has 7 nitrogen and oxygen atoms in total. The molecule has 2 N–H and O–H groups in total. The standard InChI is InChI=1S/C26H33N3O4/c1-32-21-11-12-22(24(16-21)33-2)26(31)28-20-9-5-7-18(15-20)25(30)27-17-19-8-6-14-29-13-4-3-10-23(19)29/h5,7,9,11-12,15-16,19,23H,3-4,6,8,10,13-14,17H2,1-2H3,(H,27,30)(H,28,31)/t19-,23+/m0/s1. The Hall–Kier alpha value is -3.06. The molecule has 0 aliphatic carbocycles. The Bertz CT molecular complexity index is 991. The van der Waals surface area contributed by atoms with Crippen LogP contribution < -0.4 is 20.1 Å². The lowest BCUT2D eigenvalue weighted by atomic mass is 9.83. The van der Waals surface area contributed by atoms with Crippen molar-refractivity contribution in [2.45, 2.75) is 38.1 Å². The fourth-order valence-electron chi connectivity index (χ4n) is 5.06. The average Bonchev–Trinajstić information content (AvgIpc) is 2.86. The molecule has 2 aromatic carbocycles.